The molecule has 0 aliphatic heterocycles. The Labute approximate surface area is 126 Å². The van der Waals surface area contributed by atoms with Crippen LogP contribution in [0.5, 0.6) is 5.75 Å². The van der Waals surface area contributed by atoms with Crippen molar-refractivity contribution in [3.8, 4) is 5.75 Å². The highest BCUT2D eigenvalue weighted by Gasteiger charge is 2.28. The first-order valence-electron chi connectivity index (χ1n) is 7.28. The van der Waals surface area contributed by atoms with E-state index in [2.05, 4.69) is 4.72 Å². The third kappa shape index (κ3) is 3.75. The number of methoxy groups -OCH3 is 1. The zero-order valence-corrected chi connectivity index (χ0v) is 13.3. The van der Waals surface area contributed by atoms with Crippen LogP contribution in [-0.2, 0) is 16.6 Å². The maximum absolute atomic E-state index is 12.6. The summed E-state index contributed by atoms with van der Waals surface area (Å²) in [7, 11) is -2.22. The standard InChI is InChI=1S/C15H23NO4S/c1-11(13-5-3-4-6-13)16-21(18,19)15-9-12(10-17)7-8-14(15)20-2/h7-9,11,13,16-17H,3-6,10H2,1-2H3. The van der Waals surface area contributed by atoms with E-state index in [4.69, 9.17) is 4.74 Å². The summed E-state index contributed by atoms with van der Waals surface area (Å²) >= 11 is 0. The van der Waals surface area contributed by atoms with Gasteiger partial charge in [-0.2, -0.15) is 0 Å². The molecule has 6 heteroatoms. The van der Waals surface area contributed by atoms with Crippen LogP contribution in [0.3, 0.4) is 0 Å². The molecular weight excluding hydrogens is 290 g/mol. The van der Waals surface area contributed by atoms with Crippen LogP contribution in [0.15, 0.2) is 23.1 Å². The van der Waals surface area contributed by atoms with Gasteiger partial charge >= 0.3 is 0 Å². The molecule has 0 saturated heterocycles. The normalized spacial score (nSPS) is 17.9. The fourth-order valence-electron chi connectivity index (χ4n) is 2.89. The van der Waals surface area contributed by atoms with Gasteiger partial charge in [-0.25, -0.2) is 13.1 Å². The third-order valence-electron chi connectivity index (χ3n) is 4.15. The molecule has 5 nitrogen and oxygen atoms in total. The molecule has 0 spiro atoms. The van der Waals surface area contributed by atoms with E-state index < -0.39 is 10.0 Å². The SMILES string of the molecule is COc1ccc(CO)cc1S(=O)(=O)NC(C)C1CCCC1. The van der Waals surface area contributed by atoms with Crippen molar-refractivity contribution < 1.29 is 18.3 Å². The Kier molecular flexibility index (Phi) is 5.24. The largest absolute Gasteiger partial charge is 0.495 e. The zero-order chi connectivity index (χ0) is 15.5. The van der Waals surface area contributed by atoms with Gasteiger partial charge in [-0.05, 0) is 43.4 Å². The van der Waals surface area contributed by atoms with Crippen LogP contribution in [0.1, 0.15) is 38.2 Å². The van der Waals surface area contributed by atoms with E-state index in [-0.39, 0.29) is 17.5 Å². The fraction of sp³-hybridized carbons (Fsp3) is 0.600. The highest BCUT2D eigenvalue weighted by molar-refractivity contribution is 7.89. The van der Waals surface area contributed by atoms with Crippen molar-refractivity contribution in [2.45, 2.75) is 50.2 Å². The van der Waals surface area contributed by atoms with Gasteiger partial charge in [0.2, 0.25) is 10.0 Å². The molecule has 0 heterocycles. The van der Waals surface area contributed by atoms with Gasteiger partial charge in [-0.1, -0.05) is 18.9 Å². The summed E-state index contributed by atoms with van der Waals surface area (Å²) in [5.74, 6) is 0.685. The summed E-state index contributed by atoms with van der Waals surface area (Å²) in [6.45, 7) is 1.71. The second-order valence-electron chi connectivity index (χ2n) is 5.60. The molecule has 2 rings (SSSR count). The lowest BCUT2D eigenvalue weighted by Gasteiger charge is -2.21. The van der Waals surface area contributed by atoms with Crippen LogP contribution in [0, 0.1) is 5.92 Å². The lowest BCUT2D eigenvalue weighted by molar-refractivity contribution is 0.281. The molecule has 1 unspecified atom stereocenters. The first-order valence-corrected chi connectivity index (χ1v) is 8.76. The van der Waals surface area contributed by atoms with E-state index in [0.717, 1.165) is 12.8 Å². The summed E-state index contributed by atoms with van der Waals surface area (Å²) < 4.78 is 33.0. The van der Waals surface area contributed by atoms with E-state index in [0.29, 0.717) is 17.2 Å². The Morgan fingerprint density at radius 1 is 1.38 bits per heavy atom. The van der Waals surface area contributed by atoms with Crippen LogP contribution in [-0.4, -0.2) is 26.7 Å². The summed E-state index contributed by atoms with van der Waals surface area (Å²) in [4.78, 5) is 0.0846. The minimum atomic E-state index is -3.66. The van der Waals surface area contributed by atoms with Crippen LogP contribution in [0.4, 0.5) is 0 Å². The maximum atomic E-state index is 12.6. The minimum Gasteiger partial charge on any atom is -0.495 e. The molecule has 2 N–H and O–H groups in total. The molecule has 1 aromatic carbocycles. The van der Waals surface area contributed by atoms with Gasteiger partial charge < -0.3 is 9.84 Å². The Bertz CT molecular complexity index is 579. The number of sulfonamides is 1. The van der Waals surface area contributed by atoms with E-state index in [1.807, 2.05) is 6.92 Å². The van der Waals surface area contributed by atoms with Gasteiger partial charge in [0.25, 0.3) is 0 Å². The van der Waals surface area contributed by atoms with Crippen LogP contribution >= 0.6 is 0 Å². The molecule has 0 radical (unpaired) electrons. The van der Waals surface area contributed by atoms with Gasteiger partial charge in [0.05, 0.1) is 13.7 Å². The number of ether oxygens (including phenoxy) is 1. The predicted molar refractivity (Wildman–Crippen MR) is 80.7 cm³/mol. The van der Waals surface area contributed by atoms with Gasteiger partial charge in [0.15, 0.2) is 0 Å². The van der Waals surface area contributed by atoms with Crippen LogP contribution < -0.4 is 9.46 Å². The lowest BCUT2D eigenvalue weighted by atomic mass is 10.0. The fourth-order valence-corrected chi connectivity index (χ4v) is 4.42. The Hall–Kier alpha value is -1.11. The van der Waals surface area contributed by atoms with E-state index in [9.17, 15) is 13.5 Å². The molecule has 0 amide bonds. The molecule has 1 aromatic rings. The molecule has 0 bridgehead atoms. The average Bonchev–Trinajstić information content (AvgIpc) is 3.00. The number of aliphatic hydroxyl groups is 1. The highest BCUT2D eigenvalue weighted by Crippen LogP contribution is 2.30. The lowest BCUT2D eigenvalue weighted by Crippen LogP contribution is -2.37. The molecule has 1 aliphatic rings. The molecule has 118 valence electrons. The quantitative estimate of drug-likeness (QED) is 0.843. The third-order valence-corrected chi connectivity index (χ3v) is 5.73. The number of rotatable bonds is 6. The second kappa shape index (κ2) is 6.77. The zero-order valence-electron chi connectivity index (χ0n) is 12.5. The second-order valence-corrected chi connectivity index (χ2v) is 7.28. The van der Waals surface area contributed by atoms with Crippen LogP contribution in [0.2, 0.25) is 0 Å². The van der Waals surface area contributed by atoms with Crippen molar-refractivity contribution in [3.05, 3.63) is 23.8 Å². The van der Waals surface area contributed by atoms with Crippen molar-refractivity contribution >= 4 is 10.0 Å². The predicted octanol–water partition coefficient (Wildman–Crippen LogP) is 2.04. The molecule has 1 aliphatic carbocycles. The molecule has 1 saturated carbocycles. The van der Waals surface area contributed by atoms with Gasteiger partial charge in [0, 0.05) is 6.04 Å². The molecule has 21 heavy (non-hydrogen) atoms. The van der Waals surface area contributed by atoms with E-state index >= 15 is 0 Å². The summed E-state index contributed by atoms with van der Waals surface area (Å²) in [5.41, 5.74) is 0.546. The summed E-state index contributed by atoms with van der Waals surface area (Å²) in [6, 6.07) is 4.58. The topological polar surface area (TPSA) is 75.6 Å². The first kappa shape index (κ1) is 16.3. The molecule has 1 atom stereocenters. The summed E-state index contributed by atoms with van der Waals surface area (Å²) in [6.07, 6.45) is 4.47. The minimum absolute atomic E-state index is 0.0846. The van der Waals surface area contributed by atoms with Gasteiger partial charge in [-0.15, -0.1) is 0 Å². The van der Waals surface area contributed by atoms with Gasteiger partial charge in [-0.3, -0.25) is 0 Å². The number of hydrogen-bond donors (Lipinski definition) is 2. The van der Waals surface area contributed by atoms with Crippen molar-refractivity contribution in [1.29, 1.82) is 0 Å². The Morgan fingerprint density at radius 2 is 2.05 bits per heavy atom. The van der Waals surface area contributed by atoms with Gasteiger partial charge in [0.1, 0.15) is 10.6 Å². The van der Waals surface area contributed by atoms with Crippen molar-refractivity contribution in [1.82, 2.24) is 4.72 Å². The van der Waals surface area contributed by atoms with E-state index in [1.165, 1.54) is 26.0 Å². The monoisotopic (exact) mass is 313 g/mol. The number of nitrogens with one attached hydrogen (secondary N) is 1. The first-order chi connectivity index (χ1) is 9.97. The highest BCUT2D eigenvalue weighted by atomic mass is 32.2. The number of aliphatic hydroxyl groups excluding tert-OH is 1. The Balaban J connectivity index is 2.25. The number of hydrogen-bond acceptors (Lipinski definition) is 4. The molecular formula is C15H23NO4S. The average molecular weight is 313 g/mol. The molecule has 0 aromatic heterocycles. The smallest absolute Gasteiger partial charge is 0.244 e. The van der Waals surface area contributed by atoms with Crippen molar-refractivity contribution in [2.75, 3.05) is 7.11 Å². The number of benzene rings is 1. The van der Waals surface area contributed by atoms with Crippen molar-refractivity contribution in [2.24, 2.45) is 5.92 Å². The summed E-state index contributed by atoms with van der Waals surface area (Å²) in [5, 5.41) is 9.19. The molecule has 1 fully saturated rings. The maximum Gasteiger partial charge on any atom is 0.244 e. The van der Waals surface area contributed by atoms with E-state index in [1.54, 1.807) is 12.1 Å². The van der Waals surface area contributed by atoms with Crippen LogP contribution in [0.25, 0.3) is 0 Å². The van der Waals surface area contributed by atoms with Crippen molar-refractivity contribution in [3.63, 3.8) is 0 Å². The Morgan fingerprint density at radius 3 is 2.62 bits per heavy atom.